The third-order valence-corrected chi connectivity index (χ3v) is 4.68. The van der Waals surface area contributed by atoms with Gasteiger partial charge in [0.15, 0.2) is 11.6 Å². The molecule has 7 heteroatoms. The number of pyridine rings is 1. The summed E-state index contributed by atoms with van der Waals surface area (Å²) in [6, 6.07) is 9.99. The van der Waals surface area contributed by atoms with Crippen LogP contribution in [-0.2, 0) is 11.2 Å². The number of nitrogens with zero attached hydrogens (tertiary/aromatic N) is 3. The van der Waals surface area contributed by atoms with Gasteiger partial charge in [-0.15, -0.1) is 11.3 Å². The predicted molar refractivity (Wildman–Crippen MR) is 98.6 cm³/mol. The molecule has 0 bridgehead atoms. The zero-order chi connectivity index (χ0) is 18.4. The first-order chi connectivity index (χ1) is 12.6. The molecule has 0 saturated heterocycles. The van der Waals surface area contributed by atoms with E-state index in [9.17, 15) is 9.18 Å². The Morgan fingerprint density at radius 1 is 1.27 bits per heavy atom. The highest BCUT2D eigenvalue weighted by Crippen LogP contribution is 2.23. The highest BCUT2D eigenvalue weighted by Gasteiger charge is 2.13. The Morgan fingerprint density at radius 3 is 2.88 bits per heavy atom. The van der Waals surface area contributed by atoms with E-state index < -0.39 is 5.82 Å². The van der Waals surface area contributed by atoms with E-state index in [4.69, 9.17) is 4.74 Å². The summed E-state index contributed by atoms with van der Waals surface area (Å²) in [4.78, 5) is 22.4. The van der Waals surface area contributed by atoms with Crippen molar-refractivity contribution in [2.75, 3.05) is 20.2 Å². The summed E-state index contributed by atoms with van der Waals surface area (Å²) in [7, 11) is 1.70. The van der Waals surface area contributed by atoms with E-state index >= 15 is 0 Å². The smallest absolute Gasteiger partial charge is 0.228 e. The fourth-order valence-electron chi connectivity index (χ4n) is 2.28. The molecule has 1 aromatic carbocycles. The van der Waals surface area contributed by atoms with E-state index in [1.165, 1.54) is 17.4 Å². The fourth-order valence-corrected chi connectivity index (χ4v) is 3.09. The van der Waals surface area contributed by atoms with Crippen LogP contribution in [-0.4, -0.2) is 41.0 Å². The minimum atomic E-state index is -0.410. The zero-order valence-electron chi connectivity index (χ0n) is 14.3. The number of para-hydroxylation sites is 1. The molecule has 0 N–H and O–H groups in total. The molecule has 0 unspecified atom stereocenters. The van der Waals surface area contributed by atoms with Gasteiger partial charge in [0.05, 0.1) is 18.7 Å². The number of hydrogen-bond acceptors (Lipinski definition) is 5. The van der Waals surface area contributed by atoms with Gasteiger partial charge >= 0.3 is 0 Å². The average molecular weight is 371 g/mol. The minimum absolute atomic E-state index is 0.0647. The van der Waals surface area contributed by atoms with Gasteiger partial charge in [-0.1, -0.05) is 12.1 Å². The fraction of sp³-hybridized carbons (Fsp3) is 0.211. The van der Waals surface area contributed by atoms with Crippen LogP contribution in [0.4, 0.5) is 4.39 Å². The van der Waals surface area contributed by atoms with Crippen molar-refractivity contribution in [3.05, 3.63) is 65.7 Å². The zero-order valence-corrected chi connectivity index (χ0v) is 15.1. The molecule has 1 amide bonds. The van der Waals surface area contributed by atoms with Crippen molar-refractivity contribution in [2.24, 2.45) is 0 Å². The monoisotopic (exact) mass is 371 g/mol. The van der Waals surface area contributed by atoms with Crippen LogP contribution in [0.1, 0.15) is 5.69 Å². The quantitative estimate of drug-likeness (QED) is 0.639. The van der Waals surface area contributed by atoms with Crippen LogP contribution in [0.2, 0.25) is 0 Å². The maximum Gasteiger partial charge on any atom is 0.228 e. The molecule has 2 heterocycles. The van der Waals surface area contributed by atoms with E-state index in [0.29, 0.717) is 6.54 Å². The van der Waals surface area contributed by atoms with Crippen LogP contribution < -0.4 is 4.74 Å². The minimum Gasteiger partial charge on any atom is -0.489 e. The first-order valence-corrected chi connectivity index (χ1v) is 8.97. The van der Waals surface area contributed by atoms with Crippen molar-refractivity contribution in [3.63, 3.8) is 0 Å². The largest absolute Gasteiger partial charge is 0.489 e. The molecule has 0 spiro atoms. The van der Waals surface area contributed by atoms with Crippen LogP contribution in [0.25, 0.3) is 10.6 Å². The number of aromatic nitrogens is 2. The van der Waals surface area contributed by atoms with Crippen molar-refractivity contribution in [3.8, 4) is 16.3 Å². The van der Waals surface area contributed by atoms with E-state index in [1.54, 1.807) is 42.5 Å². The van der Waals surface area contributed by atoms with Crippen molar-refractivity contribution in [2.45, 2.75) is 6.42 Å². The molecule has 0 saturated carbocycles. The molecule has 2 aromatic heterocycles. The van der Waals surface area contributed by atoms with Crippen LogP contribution >= 0.6 is 11.3 Å². The number of amides is 1. The summed E-state index contributed by atoms with van der Waals surface area (Å²) in [5.41, 5.74) is 1.66. The Labute approximate surface area is 155 Å². The summed E-state index contributed by atoms with van der Waals surface area (Å²) in [5.74, 6) is -0.286. The highest BCUT2D eigenvalue weighted by atomic mass is 32.1. The summed E-state index contributed by atoms with van der Waals surface area (Å²) in [5, 5.41) is 2.72. The number of carbonyl (C=O) groups is 1. The molecule has 3 rings (SSSR count). The third kappa shape index (κ3) is 4.64. The van der Waals surface area contributed by atoms with E-state index in [-0.39, 0.29) is 24.7 Å². The third-order valence-electron chi connectivity index (χ3n) is 3.74. The predicted octanol–water partition coefficient (Wildman–Crippen LogP) is 3.42. The van der Waals surface area contributed by atoms with Gasteiger partial charge in [-0.2, -0.15) is 0 Å². The number of likely N-dealkylation sites (N-methyl/N-ethyl adjacent to an activating group) is 1. The lowest BCUT2D eigenvalue weighted by molar-refractivity contribution is -0.129. The molecule has 3 aromatic rings. The first-order valence-electron chi connectivity index (χ1n) is 8.09. The van der Waals surface area contributed by atoms with Gasteiger partial charge in [-0.05, 0) is 24.3 Å². The Balaban J connectivity index is 1.50. The molecular formula is C19H18FN3O2S. The van der Waals surface area contributed by atoms with Gasteiger partial charge in [0.25, 0.3) is 0 Å². The Bertz CT molecular complexity index is 870. The summed E-state index contributed by atoms with van der Waals surface area (Å²) in [6.07, 6.45) is 3.67. The molecular weight excluding hydrogens is 353 g/mol. The molecule has 0 aliphatic heterocycles. The Morgan fingerprint density at radius 2 is 2.12 bits per heavy atom. The highest BCUT2D eigenvalue weighted by molar-refractivity contribution is 7.13. The van der Waals surface area contributed by atoms with Crippen molar-refractivity contribution >= 4 is 17.2 Å². The Kier molecular flexibility index (Phi) is 5.91. The molecule has 0 atom stereocenters. The number of ether oxygens (including phenoxy) is 1. The first kappa shape index (κ1) is 18.0. The summed E-state index contributed by atoms with van der Waals surface area (Å²) in [6.45, 7) is 0.591. The average Bonchev–Trinajstić information content (AvgIpc) is 3.12. The van der Waals surface area contributed by atoms with Gasteiger partial charge in [0, 0.05) is 30.4 Å². The van der Waals surface area contributed by atoms with Crippen LogP contribution in [0.15, 0.2) is 54.2 Å². The van der Waals surface area contributed by atoms with Gasteiger partial charge in [0.2, 0.25) is 5.91 Å². The van der Waals surface area contributed by atoms with Gasteiger partial charge < -0.3 is 9.64 Å². The number of halogens is 1. The second-order valence-electron chi connectivity index (χ2n) is 5.66. The van der Waals surface area contributed by atoms with Gasteiger partial charge in [-0.3, -0.25) is 9.78 Å². The molecule has 134 valence electrons. The molecule has 0 aliphatic rings. The number of hydrogen-bond donors (Lipinski definition) is 0. The summed E-state index contributed by atoms with van der Waals surface area (Å²) < 4.78 is 18.9. The number of carbonyl (C=O) groups excluding carboxylic acids is 1. The van der Waals surface area contributed by atoms with Crippen LogP contribution in [0.5, 0.6) is 5.75 Å². The summed E-state index contributed by atoms with van der Waals surface area (Å²) >= 11 is 1.48. The van der Waals surface area contributed by atoms with Gasteiger partial charge in [-0.25, -0.2) is 9.37 Å². The lowest BCUT2D eigenvalue weighted by Crippen LogP contribution is -2.32. The number of thiazole rings is 1. The lowest BCUT2D eigenvalue weighted by atomic mass is 10.3. The molecule has 5 nitrogen and oxygen atoms in total. The lowest BCUT2D eigenvalue weighted by Gasteiger charge is -2.17. The van der Waals surface area contributed by atoms with Crippen LogP contribution in [0, 0.1) is 5.82 Å². The number of benzene rings is 1. The molecule has 0 radical (unpaired) electrons. The topological polar surface area (TPSA) is 55.3 Å². The van der Waals surface area contributed by atoms with Crippen LogP contribution in [0.3, 0.4) is 0 Å². The molecule has 0 aliphatic carbocycles. The molecule has 26 heavy (non-hydrogen) atoms. The normalized spacial score (nSPS) is 10.5. The second-order valence-corrected chi connectivity index (χ2v) is 6.51. The SMILES string of the molecule is CN(CCOc1ccccc1F)C(=O)Cc1csc(-c2cccnc2)n1. The van der Waals surface area contributed by atoms with Crippen molar-refractivity contribution in [1.29, 1.82) is 0 Å². The van der Waals surface area contributed by atoms with E-state index in [1.807, 2.05) is 17.5 Å². The van der Waals surface area contributed by atoms with Gasteiger partial charge in [0.1, 0.15) is 11.6 Å². The number of rotatable bonds is 7. The molecule has 0 fully saturated rings. The van der Waals surface area contributed by atoms with E-state index in [0.717, 1.165) is 16.3 Å². The van der Waals surface area contributed by atoms with E-state index in [2.05, 4.69) is 9.97 Å². The second kappa shape index (κ2) is 8.53. The maximum atomic E-state index is 13.5. The van der Waals surface area contributed by atoms with Crippen molar-refractivity contribution in [1.82, 2.24) is 14.9 Å². The Hall–Kier alpha value is -2.80. The van der Waals surface area contributed by atoms with Crippen molar-refractivity contribution < 1.29 is 13.9 Å². The maximum absolute atomic E-state index is 13.5. The standard InChI is InChI=1S/C19H18FN3O2S/c1-23(9-10-25-17-7-3-2-6-16(17)20)18(24)11-15-13-26-19(22-15)14-5-4-8-21-12-14/h2-8,12-13H,9-11H2,1H3.